The highest BCUT2D eigenvalue weighted by Gasteiger charge is 2.32. The number of morpholine rings is 1. The third-order valence-corrected chi connectivity index (χ3v) is 5.82. The summed E-state index contributed by atoms with van der Waals surface area (Å²) in [6, 6.07) is 0. The van der Waals surface area contributed by atoms with E-state index in [1.54, 1.807) is 6.20 Å². The molecule has 3 fully saturated rings. The van der Waals surface area contributed by atoms with E-state index in [0.29, 0.717) is 19.0 Å². The summed E-state index contributed by atoms with van der Waals surface area (Å²) in [6.45, 7) is 8.93. The van der Waals surface area contributed by atoms with Crippen molar-refractivity contribution < 1.29 is 9.53 Å². The molecular weight excluding hydrogens is 316 g/mol. The van der Waals surface area contributed by atoms with Crippen LogP contribution in [-0.2, 0) is 4.74 Å². The predicted molar refractivity (Wildman–Crippen MR) is 95.6 cm³/mol. The van der Waals surface area contributed by atoms with Gasteiger partial charge in [0, 0.05) is 25.6 Å². The van der Waals surface area contributed by atoms with E-state index in [2.05, 4.69) is 15.1 Å². The summed E-state index contributed by atoms with van der Waals surface area (Å²) in [7, 11) is 0. The van der Waals surface area contributed by atoms with Gasteiger partial charge in [0.15, 0.2) is 0 Å². The highest BCUT2D eigenvalue weighted by molar-refractivity contribution is 5.95. The lowest BCUT2D eigenvalue weighted by Gasteiger charge is -2.36. The Balaban J connectivity index is 1.41. The maximum atomic E-state index is 13.0. The molecule has 2 aliphatic heterocycles. The number of ether oxygens (including phenoxy) is 1. The van der Waals surface area contributed by atoms with E-state index in [0.717, 1.165) is 43.1 Å². The number of amides is 1. The van der Waals surface area contributed by atoms with E-state index in [4.69, 9.17) is 4.74 Å². The van der Waals surface area contributed by atoms with Gasteiger partial charge in [-0.2, -0.15) is 5.10 Å². The fourth-order valence-corrected chi connectivity index (χ4v) is 4.36. The van der Waals surface area contributed by atoms with Crippen molar-refractivity contribution in [1.29, 1.82) is 0 Å². The molecule has 3 aliphatic rings. The van der Waals surface area contributed by atoms with Gasteiger partial charge in [-0.25, -0.2) is 0 Å². The zero-order valence-electron chi connectivity index (χ0n) is 15.4. The van der Waals surface area contributed by atoms with E-state index < -0.39 is 0 Å². The molecule has 2 unspecified atom stereocenters. The Labute approximate surface area is 149 Å². The summed E-state index contributed by atoms with van der Waals surface area (Å²) in [5.41, 5.74) is 1.81. The summed E-state index contributed by atoms with van der Waals surface area (Å²) in [4.78, 5) is 17.6. The van der Waals surface area contributed by atoms with Crippen LogP contribution in [0.5, 0.6) is 0 Å². The normalized spacial score (nSPS) is 29.1. The number of piperidine rings is 1. The Kier molecular flexibility index (Phi) is 4.82. The number of H-pyrrole nitrogens is 1. The highest BCUT2D eigenvalue weighted by Crippen LogP contribution is 2.34. The second kappa shape index (κ2) is 7.08. The Bertz CT molecular complexity index is 594. The van der Waals surface area contributed by atoms with Crippen molar-refractivity contribution in [3.8, 4) is 0 Å². The molecule has 1 aromatic heterocycles. The summed E-state index contributed by atoms with van der Waals surface area (Å²) in [5, 5.41) is 7.35. The largest absolute Gasteiger partial charge is 0.372 e. The highest BCUT2D eigenvalue weighted by atomic mass is 16.5. The SMILES string of the molecule is CC1CN(C(=O)c2cn[nH]c2C2CCN(CC3CC3)CC2)CC(C)O1. The Morgan fingerprint density at radius 1 is 1.20 bits per heavy atom. The quantitative estimate of drug-likeness (QED) is 0.908. The van der Waals surface area contributed by atoms with Gasteiger partial charge >= 0.3 is 0 Å². The third-order valence-electron chi connectivity index (χ3n) is 5.82. The van der Waals surface area contributed by atoms with Crippen molar-refractivity contribution in [1.82, 2.24) is 20.0 Å². The van der Waals surface area contributed by atoms with Crippen molar-refractivity contribution >= 4 is 5.91 Å². The van der Waals surface area contributed by atoms with Crippen molar-refractivity contribution in [2.75, 3.05) is 32.7 Å². The predicted octanol–water partition coefficient (Wildman–Crippen LogP) is 2.25. The minimum absolute atomic E-state index is 0.0914. The standard InChI is InChI=1S/C19H30N4O2/c1-13-10-23(11-14(2)25-13)19(24)17-9-20-21-18(17)16-5-7-22(8-6-16)12-15-3-4-15/h9,13-16H,3-8,10-12H2,1-2H3,(H,20,21). The van der Waals surface area contributed by atoms with Crippen LogP contribution in [0.15, 0.2) is 6.20 Å². The van der Waals surface area contributed by atoms with Crippen LogP contribution in [0.4, 0.5) is 0 Å². The number of hydrogen-bond donors (Lipinski definition) is 1. The maximum absolute atomic E-state index is 13.0. The minimum atomic E-state index is 0.0914. The first-order valence-electron chi connectivity index (χ1n) is 9.80. The van der Waals surface area contributed by atoms with Gasteiger partial charge < -0.3 is 14.5 Å². The minimum Gasteiger partial charge on any atom is -0.372 e. The molecule has 6 nitrogen and oxygen atoms in total. The lowest BCUT2D eigenvalue weighted by molar-refractivity contribution is -0.0586. The lowest BCUT2D eigenvalue weighted by Crippen LogP contribution is -2.48. The topological polar surface area (TPSA) is 61.5 Å². The molecule has 1 N–H and O–H groups in total. The second-order valence-electron chi connectivity index (χ2n) is 8.18. The van der Waals surface area contributed by atoms with E-state index in [1.807, 2.05) is 18.7 Å². The fraction of sp³-hybridized carbons (Fsp3) is 0.789. The Hall–Kier alpha value is -1.40. The molecule has 1 amide bonds. The first kappa shape index (κ1) is 17.0. The number of rotatable bonds is 4. The second-order valence-corrected chi connectivity index (χ2v) is 8.18. The van der Waals surface area contributed by atoms with Crippen LogP contribution in [0.2, 0.25) is 0 Å². The molecule has 3 heterocycles. The number of aromatic amines is 1. The van der Waals surface area contributed by atoms with Crippen LogP contribution in [-0.4, -0.2) is 70.8 Å². The van der Waals surface area contributed by atoms with Gasteiger partial charge in [0.25, 0.3) is 5.91 Å². The number of aromatic nitrogens is 2. The van der Waals surface area contributed by atoms with E-state index in [1.165, 1.54) is 19.4 Å². The van der Waals surface area contributed by atoms with Gasteiger partial charge in [0.05, 0.1) is 29.7 Å². The maximum Gasteiger partial charge on any atom is 0.257 e. The van der Waals surface area contributed by atoms with Crippen molar-refractivity contribution in [2.45, 2.75) is 57.7 Å². The molecular formula is C19H30N4O2. The molecule has 2 saturated heterocycles. The lowest BCUT2D eigenvalue weighted by atomic mass is 9.91. The van der Waals surface area contributed by atoms with Crippen LogP contribution in [0.3, 0.4) is 0 Å². The van der Waals surface area contributed by atoms with Gasteiger partial charge in [0.2, 0.25) is 0 Å². The summed E-state index contributed by atoms with van der Waals surface area (Å²) in [5.74, 6) is 1.48. The van der Waals surface area contributed by atoms with Crippen molar-refractivity contribution in [2.24, 2.45) is 5.92 Å². The molecule has 25 heavy (non-hydrogen) atoms. The number of hydrogen-bond acceptors (Lipinski definition) is 4. The Morgan fingerprint density at radius 3 is 2.52 bits per heavy atom. The van der Waals surface area contributed by atoms with E-state index >= 15 is 0 Å². The Morgan fingerprint density at radius 2 is 1.88 bits per heavy atom. The number of carbonyl (C=O) groups is 1. The summed E-state index contributed by atoms with van der Waals surface area (Å²) >= 11 is 0. The molecule has 0 spiro atoms. The van der Waals surface area contributed by atoms with Gasteiger partial charge in [-0.05, 0) is 58.5 Å². The summed E-state index contributed by atoms with van der Waals surface area (Å²) in [6.07, 6.45) is 6.96. The number of likely N-dealkylation sites (tertiary alicyclic amines) is 1. The van der Waals surface area contributed by atoms with E-state index in [-0.39, 0.29) is 18.1 Å². The molecule has 1 aromatic rings. The van der Waals surface area contributed by atoms with Crippen LogP contribution >= 0.6 is 0 Å². The molecule has 0 aromatic carbocycles. The molecule has 0 radical (unpaired) electrons. The smallest absolute Gasteiger partial charge is 0.257 e. The molecule has 4 rings (SSSR count). The average Bonchev–Trinajstić information content (AvgIpc) is 3.26. The summed E-state index contributed by atoms with van der Waals surface area (Å²) < 4.78 is 5.76. The van der Waals surface area contributed by atoms with Gasteiger partial charge in [-0.15, -0.1) is 0 Å². The zero-order chi connectivity index (χ0) is 17.4. The van der Waals surface area contributed by atoms with Crippen LogP contribution in [0.1, 0.15) is 61.5 Å². The van der Waals surface area contributed by atoms with Crippen LogP contribution in [0, 0.1) is 5.92 Å². The van der Waals surface area contributed by atoms with Crippen LogP contribution in [0.25, 0.3) is 0 Å². The zero-order valence-corrected chi connectivity index (χ0v) is 15.4. The first-order chi connectivity index (χ1) is 12.1. The molecule has 138 valence electrons. The van der Waals surface area contributed by atoms with Crippen molar-refractivity contribution in [3.63, 3.8) is 0 Å². The monoisotopic (exact) mass is 346 g/mol. The van der Waals surface area contributed by atoms with E-state index in [9.17, 15) is 4.79 Å². The molecule has 0 bridgehead atoms. The first-order valence-corrected chi connectivity index (χ1v) is 9.80. The van der Waals surface area contributed by atoms with Gasteiger partial charge in [-0.1, -0.05) is 0 Å². The average molecular weight is 346 g/mol. The third kappa shape index (κ3) is 3.90. The fourth-order valence-electron chi connectivity index (χ4n) is 4.36. The van der Waals surface area contributed by atoms with Crippen LogP contribution < -0.4 is 0 Å². The number of nitrogens with zero attached hydrogens (tertiary/aromatic N) is 3. The van der Waals surface area contributed by atoms with Gasteiger partial charge in [-0.3, -0.25) is 9.89 Å². The molecule has 1 saturated carbocycles. The number of carbonyl (C=O) groups excluding carboxylic acids is 1. The van der Waals surface area contributed by atoms with Gasteiger partial charge in [0.1, 0.15) is 0 Å². The molecule has 2 atom stereocenters. The molecule has 6 heteroatoms. The number of nitrogens with one attached hydrogen (secondary N) is 1. The van der Waals surface area contributed by atoms with Crippen molar-refractivity contribution in [3.05, 3.63) is 17.5 Å². The molecule has 1 aliphatic carbocycles.